The first kappa shape index (κ1) is 19.3. The van der Waals surface area contributed by atoms with Crippen molar-refractivity contribution in [3.05, 3.63) is 54.1 Å². The molecular weight excluding hydrogens is 334 g/mol. The minimum atomic E-state index is -0.358. The zero-order valence-corrected chi connectivity index (χ0v) is 14.9. The lowest BCUT2D eigenvalue weighted by atomic mass is 10.1. The van der Waals surface area contributed by atoms with Crippen LogP contribution in [0.2, 0.25) is 0 Å². The summed E-state index contributed by atoms with van der Waals surface area (Å²) in [4.78, 5) is 23.8. The van der Waals surface area contributed by atoms with Crippen LogP contribution in [0.1, 0.15) is 5.56 Å². The topological polar surface area (TPSA) is 88.7 Å². The largest absolute Gasteiger partial charge is 0.497 e. The second kappa shape index (κ2) is 10.0. The first-order valence-corrected chi connectivity index (χ1v) is 8.17. The number of rotatable bonds is 8. The lowest BCUT2D eigenvalue weighted by molar-refractivity contribution is -0.120. The van der Waals surface area contributed by atoms with E-state index in [4.69, 9.17) is 9.47 Å². The smallest absolute Gasteiger partial charge is 0.323 e. The van der Waals surface area contributed by atoms with Crippen molar-refractivity contribution < 1.29 is 19.1 Å². The normalized spacial score (nSPS) is 10.1. The van der Waals surface area contributed by atoms with Gasteiger partial charge in [-0.05, 0) is 29.8 Å². The van der Waals surface area contributed by atoms with Crippen LogP contribution in [-0.2, 0) is 16.0 Å². The first-order chi connectivity index (χ1) is 12.6. The van der Waals surface area contributed by atoms with Crippen LogP contribution in [0, 0.1) is 0 Å². The molecule has 26 heavy (non-hydrogen) atoms. The fraction of sp³-hybridized carbons (Fsp3) is 0.263. The van der Waals surface area contributed by atoms with Crippen LogP contribution in [0.3, 0.4) is 0 Å². The van der Waals surface area contributed by atoms with Crippen molar-refractivity contribution >= 4 is 23.3 Å². The number of ether oxygens (including phenoxy) is 2. The Morgan fingerprint density at radius 3 is 2.38 bits per heavy atom. The number of carbonyl (C=O) groups excluding carboxylic acids is 2. The average Bonchev–Trinajstić information content (AvgIpc) is 2.63. The highest BCUT2D eigenvalue weighted by Gasteiger charge is 2.06. The molecule has 0 aliphatic carbocycles. The number of hydrogen-bond acceptors (Lipinski definition) is 4. The van der Waals surface area contributed by atoms with Gasteiger partial charge in [-0.2, -0.15) is 0 Å². The summed E-state index contributed by atoms with van der Waals surface area (Å²) in [6.45, 7) is 0.969. The molecule has 2 aromatic carbocycles. The minimum Gasteiger partial charge on any atom is -0.497 e. The zero-order chi connectivity index (χ0) is 18.8. The quantitative estimate of drug-likeness (QED) is 0.634. The molecule has 0 aliphatic rings. The molecule has 7 nitrogen and oxygen atoms in total. The van der Waals surface area contributed by atoms with Crippen LogP contribution < -0.4 is 20.7 Å². The Labute approximate surface area is 152 Å². The van der Waals surface area contributed by atoms with Gasteiger partial charge >= 0.3 is 6.03 Å². The SMILES string of the molecule is COCCNC(=O)Cc1ccc(NC(=O)Nc2cccc(OC)c2)cc1. The molecule has 3 N–H and O–H groups in total. The van der Waals surface area contributed by atoms with E-state index in [9.17, 15) is 9.59 Å². The fourth-order valence-corrected chi connectivity index (χ4v) is 2.24. The van der Waals surface area contributed by atoms with Crippen molar-refractivity contribution in [2.75, 3.05) is 38.0 Å². The molecule has 0 saturated heterocycles. The summed E-state index contributed by atoms with van der Waals surface area (Å²) < 4.78 is 10.0. The Hall–Kier alpha value is -3.06. The summed E-state index contributed by atoms with van der Waals surface area (Å²) in [5.41, 5.74) is 2.12. The summed E-state index contributed by atoms with van der Waals surface area (Å²) in [6, 6.07) is 13.8. The Morgan fingerprint density at radius 1 is 0.962 bits per heavy atom. The van der Waals surface area contributed by atoms with Gasteiger partial charge in [-0.25, -0.2) is 4.79 Å². The van der Waals surface area contributed by atoms with Crippen molar-refractivity contribution in [3.63, 3.8) is 0 Å². The van der Waals surface area contributed by atoms with Gasteiger partial charge in [-0.1, -0.05) is 18.2 Å². The van der Waals surface area contributed by atoms with Crippen LogP contribution in [0.5, 0.6) is 5.75 Å². The van der Waals surface area contributed by atoms with E-state index in [1.807, 2.05) is 0 Å². The number of benzene rings is 2. The molecule has 0 saturated carbocycles. The second-order valence-electron chi connectivity index (χ2n) is 5.53. The Kier molecular flexibility index (Phi) is 7.45. The monoisotopic (exact) mass is 357 g/mol. The third-order valence-electron chi connectivity index (χ3n) is 3.53. The van der Waals surface area contributed by atoms with Crippen LogP contribution in [0.25, 0.3) is 0 Å². The van der Waals surface area contributed by atoms with Crippen molar-refractivity contribution in [1.29, 1.82) is 0 Å². The summed E-state index contributed by atoms with van der Waals surface area (Å²) in [5.74, 6) is 0.592. The van der Waals surface area contributed by atoms with Crippen LogP contribution >= 0.6 is 0 Å². The van der Waals surface area contributed by atoms with Crippen molar-refractivity contribution in [1.82, 2.24) is 5.32 Å². The van der Waals surface area contributed by atoms with Gasteiger partial charge in [0.2, 0.25) is 5.91 Å². The molecule has 3 amide bonds. The Morgan fingerprint density at radius 2 is 1.69 bits per heavy atom. The zero-order valence-electron chi connectivity index (χ0n) is 14.9. The van der Waals surface area contributed by atoms with Crippen LogP contribution in [-0.4, -0.2) is 39.3 Å². The van der Waals surface area contributed by atoms with Gasteiger partial charge in [0.15, 0.2) is 0 Å². The van der Waals surface area contributed by atoms with E-state index in [1.165, 1.54) is 0 Å². The second-order valence-corrected chi connectivity index (χ2v) is 5.53. The van der Waals surface area contributed by atoms with E-state index >= 15 is 0 Å². The van der Waals surface area contributed by atoms with E-state index in [1.54, 1.807) is 62.8 Å². The lowest BCUT2D eigenvalue weighted by Crippen LogP contribution is -2.28. The van der Waals surface area contributed by atoms with E-state index in [0.717, 1.165) is 5.56 Å². The van der Waals surface area contributed by atoms with Gasteiger partial charge in [0.05, 0.1) is 20.1 Å². The summed E-state index contributed by atoms with van der Waals surface area (Å²) >= 11 is 0. The molecule has 138 valence electrons. The average molecular weight is 357 g/mol. The predicted octanol–water partition coefficient (Wildman–Crippen LogP) is 2.64. The van der Waals surface area contributed by atoms with Gasteiger partial charge in [0, 0.05) is 31.1 Å². The van der Waals surface area contributed by atoms with Gasteiger partial charge in [0.1, 0.15) is 5.75 Å². The maximum Gasteiger partial charge on any atom is 0.323 e. The number of amides is 3. The molecule has 0 aliphatic heterocycles. The molecule has 0 aromatic heterocycles. The van der Waals surface area contributed by atoms with E-state index in [-0.39, 0.29) is 18.4 Å². The molecule has 0 bridgehead atoms. The van der Waals surface area contributed by atoms with Gasteiger partial charge in [-0.15, -0.1) is 0 Å². The molecule has 0 fully saturated rings. The maximum absolute atomic E-state index is 12.1. The molecule has 0 heterocycles. The minimum absolute atomic E-state index is 0.0708. The predicted molar refractivity (Wildman–Crippen MR) is 101 cm³/mol. The summed E-state index contributed by atoms with van der Waals surface area (Å²) in [5, 5.41) is 8.24. The van der Waals surface area contributed by atoms with Gasteiger partial charge in [0.25, 0.3) is 0 Å². The highest BCUT2D eigenvalue weighted by atomic mass is 16.5. The summed E-state index contributed by atoms with van der Waals surface area (Å²) in [6.07, 6.45) is 0.278. The molecule has 0 unspecified atom stereocenters. The standard InChI is InChI=1S/C19H23N3O4/c1-25-11-10-20-18(23)12-14-6-8-15(9-7-14)21-19(24)22-16-4-3-5-17(13-16)26-2/h3-9,13H,10-12H2,1-2H3,(H,20,23)(H2,21,22,24). The number of methoxy groups -OCH3 is 2. The molecule has 2 aromatic rings. The van der Waals surface area contributed by atoms with Gasteiger partial charge < -0.3 is 25.4 Å². The fourth-order valence-electron chi connectivity index (χ4n) is 2.24. The highest BCUT2D eigenvalue weighted by Crippen LogP contribution is 2.17. The Balaban J connectivity index is 1.84. The molecular formula is C19H23N3O4. The number of urea groups is 1. The third kappa shape index (κ3) is 6.45. The highest BCUT2D eigenvalue weighted by molar-refractivity contribution is 5.99. The number of carbonyl (C=O) groups is 2. The van der Waals surface area contributed by atoms with Crippen LogP contribution in [0.4, 0.5) is 16.2 Å². The van der Waals surface area contributed by atoms with E-state index in [2.05, 4.69) is 16.0 Å². The first-order valence-electron chi connectivity index (χ1n) is 8.17. The van der Waals surface area contributed by atoms with E-state index < -0.39 is 0 Å². The lowest BCUT2D eigenvalue weighted by Gasteiger charge is -2.09. The van der Waals surface area contributed by atoms with Crippen molar-refractivity contribution in [2.24, 2.45) is 0 Å². The number of anilines is 2. The maximum atomic E-state index is 12.1. The number of hydrogen-bond donors (Lipinski definition) is 3. The van der Waals surface area contributed by atoms with Gasteiger partial charge in [-0.3, -0.25) is 4.79 Å². The molecule has 7 heteroatoms. The number of nitrogens with one attached hydrogen (secondary N) is 3. The third-order valence-corrected chi connectivity index (χ3v) is 3.53. The van der Waals surface area contributed by atoms with Crippen molar-refractivity contribution in [3.8, 4) is 5.75 Å². The summed E-state index contributed by atoms with van der Waals surface area (Å²) in [7, 11) is 3.15. The molecule has 0 spiro atoms. The van der Waals surface area contributed by atoms with Crippen LogP contribution in [0.15, 0.2) is 48.5 Å². The van der Waals surface area contributed by atoms with Crippen molar-refractivity contribution in [2.45, 2.75) is 6.42 Å². The molecule has 0 atom stereocenters. The van der Waals surface area contributed by atoms with E-state index in [0.29, 0.717) is 30.3 Å². The molecule has 2 rings (SSSR count). The molecule has 0 radical (unpaired) electrons. The Bertz CT molecular complexity index is 732.